The van der Waals surface area contributed by atoms with Crippen LogP contribution in [0.3, 0.4) is 0 Å². The molecule has 18 heteroatoms. The molecular weight excluding hydrogens is 997 g/mol. The Bertz CT molecular complexity index is 2770. The molecule has 18 nitrogen and oxygen atoms in total. The average Bonchev–Trinajstić information content (AvgIpc) is 4.16. The van der Waals surface area contributed by atoms with Crippen molar-refractivity contribution in [3.8, 4) is 11.5 Å². The maximum atomic E-state index is 14.8. The topological polar surface area (TPSA) is 207 Å². The van der Waals surface area contributed by atoms with Crippen LogP contribution in [-0.2, 0) is 29.3 Å². The predicted molar refractivity (Wildman–Crippen MR) is 298 cm³/mol. The highest BCUT2D eigenvalue weighted by atomic mass is 16.6. The third-order valence-corrected chi connectivity index (χ3v) is 15.1. The number of methoxy groups -OCH3 is 4. The number of benzene rings is 3. The smallest absolute Gasteiger partial charge is 0.330 e. The summed E-state index contributed by atoms with van der Waals surface area (Å²) in [5.74, 6) is 0.714. The first-order chi connectivity index (χ1) is 38.0. The number of aromatic amines is 2. The number of nitrogens with zero attached hydrogens (tertiary/aromatic N) is 3. The van der Waals surface area contributed by atoms with E-state index in [1.165, 1.54) is 119 Å². The lowest BCUT2D eigenvalue weighted by Gasteiger charge is -2.37. The summed E-state index contributed by atoms with van der Waals surface area (Å²) in [6.07, 6.45) is 17.9. The zero-order chi connectivity index (χ0) is 55.3. The summed E-state index contributed by atoms with van der Waals surface area (Å²) >= 11 is 0. The van der Waals surface area contributed by atoms with Gasteiger partial charge in [0.05, 0.1) is 33.0 Å². The molecule has 7 atom stereocenters. The number of unbranched alkanes of at least 4 members (excludes halogenated alkanes) is 14. The molecule has 2 saturated heterocycles. The molecule has 7 rings (SSSR count). The minimum absolute atomic E-state index is 0.0318. The van der Waals surface area contributed by atoms with Gasteiger partial charge >= 0.3 is 17.4 Å². The molecule has 0 unspecified atom stereocenters. The van der Waals surface area contributed by atoms with Gasteiger partial charge < -0.3 is 43.4 Å². The highest BCUT2D eigenvalue weighted by Gasteiger charge is 2.49. The van der Waals surface area contributed by atoms with E-state index in [9.17, 15) is 24.0 Å². The van der Waals surface area contributed by atoms with Crippen molar-refractivity contribution in [2.75, 3.05) is 54.7 Å². The Balaban J connectivity index is 1.11. The molecule has 2 amide bonds. The lowest BCUT2D eigenvalue weighted by Crippen LogP contribution is -2.48. The lowest BCUT2D eigenvalue weighted by atomic mass is 9.80. The van der Waals surface area contributed by atoms with Crippen molar-refractivity contribution in [2.24, 2.45) is 5.92 Å². The number of urea groups is 1. The first kappa shape index (κ1) is 59.4. The normalized spacial score (nSPS) is 20.2. The minimum Gasteiger partial charge on any atom is -0.497 e. The first-order valence-corrected chi connectivity index (χ1v) is 27.9. The molecule has 0 aliphatic carbocycles. The van der Waals surface area contributed by atoms with E-state index in [-0.39, 0.29) is 25.7 Å². The molecule has 2 aliphatic rings. The zero-order valence-electron chi connectivity index (χ0n) is 46.1. The van der Waals surface area contributed by atoms with Crippen LogP contribution in [0.15, 0.2) is 123 Å². The quantitative estimate of drug-likeness (QED) is 0.0273. The molecule has 0 bridgehead atoms. The second-order valence-corrected chi connectivity index (χ2v) is 20.3. The molecule has 1 radical (unpaired) electrons. The third-order valence-electron chi connectivity index (χ3n) is 15.1. The number of H-pyrrole nitrogens is 2. The number of carbonyl (C=O) groups is 1. The van der Waals surface area contributed by atoms with Crippen LogP contribution < -0.4 is 37.3 Å². The molecule has 3 aromatic carbocycles. The van der Waals surface area contributed by atoms with E-state index in [2.05, 4.69) is 22.2 Å². The van der Waals surface area contributed by atoms with Gasteiger partial charge in [0.15, 0.2) is 12.5 Å². The fourth-order valence-corrected chi connectivity index (χ4v) is 10.9. The summed E-state index contributed by atoms with van der Waals surface area (Å²) in [7, 11) is 6.25. The number of amides is 2. The summed E-state index contributed by atoms with van der Waals surface area (Å²) < 4.78 is 46.2. The van der Waals surface area contributed by atoms with Crippen LogP contribution in [0.1, 0.15) is 132 Å². The van der Waals surface area contributed by atoms with Crippen molar-refractivity contribution >= 4 is 6.03 Å². The summed E-state index contributed by atoms with van der Waals surface area (Å²) in [5, 5.41) is 3.19. The van der Waals surface area contributed by atoms with Crippen LogP contribution in [0, 0.1) is 12.3 Å². The van der Waals surface area contributed by atoms with Gasteiger partial charge in [0.2, 0.25) is 0 Å². The van der Waals surface area contributed by atoms with E-state index < -0.39 is 70.9 Å². The number of hydrogen-bond acceptors (Lipinski definition) is 12. The number of carbonyl (C=O) groups excluding carboxylic acids is 1. The number of nitrogens with one attached hydrogen (secondary N) is 3. The Labute approximate surface area is 457 Å². The SMILES string of the molecule is CCCCCCCCCCCCCCCCCN(C[C@H]1[CH][C@@H](OC)[C@H](n2ccc(=O)[nH]c2=O)O1)C(=O)NC[C@H]1[C@@H](OC)[C@H](n2ccc(=O)[nH]c2=O)O[C@@H]1COC(c1ccccc1)(c1ccc(OC)cc1)c1ccc(OC)cc1. The Morgan fingerprint density at radius 1 is 0.615 bits per heavy atom. The molecule has 2 aliphatic heterocycles. The molecule has 5 aromatic rings. The Hall–Kier alpha value is -6.31. The van der Waals surface area contributed by atoms with Crippen LogP contribution >= 0.6 is 0 Å². The van der Waals surface area contributed by atoms with Gasteiger partial charge in [-0.3, -0.25) is 28.7 Å². The number of ether oxygens (including phenoxy) is 7. The van der Waals surface area contributed by atoms with E-state index in [1.807, 2.05) is 85.3 Å². The van der Waals surface area contributed by atoms with Gasteiger partial charge in [0.25, 0.3) is 11.1 Å². The minimum atomic E-state index is -1.23. The van der Waals surface area contributed by atoms with Gasteiger partial charge in [-0.2, -0.15) is 0 Å². The summed E-state index contributed by atoms with van der Waals surface area (Å²) in [6.45, 7) is 2.78. The summed E-state index contributed by atoms with van der Waals surface area (Å²) in [4.78, 5) is 71.7. The van der Waals surface area contributed by atoms with Gasteiger partial charge in [0.1, 0.15) is 29.3 Å². The predicted octanol–water partition coefficient (Wildman–Crippen LogP) is 8.64. The monoisotopic (exact) mass is 1080 g/mol. The second kappa shape index (κ2) is 30.2. The summed E-state index contributed by atoms with van der Waals surface area (Å²) in [6, 6.07) is 27.3. The molecule has 2 fully saturated rings. The van der Waals surface area contributed by atoms with E-state index in [4.69, 9.17) is 33.2 Å². The third kappa shape index (κ3) is 15.5. The maximum Gasteiger partial charge on any atom is 0.330 e. The molecule has 0 spiro atoms. The van der Waals surface area contributed by atoms with Gasteiger partial charge in [-0.05, 0) is 47.4 Å². The van der Waals surface area contributed by atoms with E-state index in [0.29, 0.717) is 18.0 Å². The van der Waals surface area contributed by atoms with Gasteiger partial charge in [-0.15, -0.1) is 0 Å². The van der Waals surface area contributed by atoms with Crippen molar-refractivity contribution in [1.29, 1.82) is 0 Å². The Morgan fingerprint density at radius 3 is 1.60 bits per heavy atom. The van der Waals surface area contributed by atoms with Crippen molar-refractivity contribution < 1.29 is 38.0 Å². The van der Waals surface area contributed by atoms with E-state index >= 15 is 0 Å². The van der Waals surface area contributed by atoms with Gasteiger partial charge in [-0.25, -0.2) is 14.4 Å². The average molecular weight is 1080 g/mol. The van der Waals surface area contributed by atoms with E-state index in [1.54, 1.807) is 19.1 Å². The molecule has 3 N–H and O–H groups in total. The van der Waals surface area contributed by atoms with Crippen molar-refractivity contribution in [1.82, 2.24) is 29.3 Å². The van der Waals surface area contributed by atoms with Crippen molar-refractivity contribution in [3.63, 3.8) is 0 Å². The first-order valence-electron chi connectivity index (χ1n) is 27.9. The maximum absolute atomic E-state index is 14.8. The van der Waals surface area contributed by atoms with E-state index in [0.717, 1.165) is 42.4 Å². The number of hydrogen-bond donors (Lipinski definition) is 3. The van der Waals surface area contributed by atoms with Gasteiger partial charge in [0, 0.05) is 70.7 Å². The molecule has 2 aromatic heterocycles. The summed E-state index contributed by atoms with van der Waals surface area (Å²) in [5.41, 5.74) is -1.24. The van der Waals surface area contributed by atoms with Crippen LogP contribution in [0.5, 0.6) is 11.5 Å². The highest BCUT2D eigenvalue weighted by Crippen LogP contribution is 2.44. The molecule has 423 valence electrons. The lowest BCUT2D eigenvalue weighted by molar-refractivity contribution is -0.0928. The van der Waals surface area contributed by atoms with Crippen LogP contribution in [0.25, 0.3) is 0 Å². The molecule has 78 heavy (non-hydrogen) atoms. The molecule has 4 heterocycles. The molecule has 0 saturated carbocycles. The standard InChI is InChI=1S/C60H81N6O12/c1-6-7-8-9-10-11-12-13-14-15-16-17-18-19-23-36-64(41-48-39-50(74-4)55(77-48)65-37-34-52(67)62-58(65)70)57(69)61-40-49-51(78-56(54(49)75-5)66-38-35-53(68)63-59(66)71)42-76-60(43-24-21-20-22-25-43,44-26-30-46(72-2)31-27-44)45-28-32-47(73-3)33-29-45/h20-22,24-35,37-39,48-51,54-56H,6-19,23,36,40-42H2,1-5H3,(H,61,69)(H,62,67,70)(H,63,68,71)/t48-,49-,50-,51-,54-,55-,56-/m1/s1. The highest BCUT2D eigenvalue weighted by molar-refractivity contribution is 5.74. The number of aromatic nitrogens is 4. The van der Waals surface area contributed by atoms with Gasteiger partial charge in [-0.1, -0.05) is 151 Å². The fraction of sp³-hybridized carbons (Fsp3) is 0.533. The van der Waals surface area contributed by atoms with Crippen molar-refractivity contribution in [3.05, 3.63) is 168 Å². The van der Waals surface area contributed by atoms with Crippen LogP contribution in [0.2, 0.25) is 0 Å². The Morgan fingerprint density at radius 2 is 1.12 bits per heavy atom. The van der Waals surface area contributed by atoms with Crippen LogP contribution in [0.4, 0.5) is 4.79 Å². The van der Waals surface area contributed by atoms with Crippen LogP contribution in [-0.4, -0.2) is 109 Å². The van der Waals surface area contributed by atoms with Crippen molar-refractivity contribution in [2.45, 2.75) is 146 Å². The molecular formula is C60H81N6O12. The number of rotatable bonds is 32. The second-order valence-electron chi connectivity index (χ2n) is 20.3. The largest absolute Gasteiger partial charge is 0.497 e. The zero-order valence-corrected chi connectivity index (χ0v) is 46.1. The fourth-order valence-electron chi connectivity index (χ4n) is 10.9. The Kier molecular flexibility index (Phi) is 23.0.